The molecular weight excluding hydrogens is 228 g/mol. The number of benzene rings is 1. The lowest BCUT2D eigenvalue weighted by molar-refractivity contribution is -0.138. The minimum absolute atomic E-state index is 0.359. The van der Waals surface area contributed by atoms with Crippen molar-refractivity contribution in [2.45, 2.75) is 19.8 Å². The molecule has 0 saturated carbocycles. The fourth-order valence-corrected chi connectivity index (χ4v) is 1.46. The number of hydrogen-bond acceptors (Lipinski definition) is 3. The first-order valence-corrected chi connectivity index (χ1v) is 6.19. The minimum Gasteiger partial charge on any atom is -0.494 e. The van der Waals surface area contributed by atoms with Crippen LogP contribution in [0.4, 0.5) is 0 Å². The molecule has 0 amide bonds. The van der Waals surface area contributed by atoms with Gasteiger partial charge in [0, 0.05) is 6.08 Å². The predicted octanol–water partition coefficient (Wildman–Crippen LogP) is 3.21. The number of esters is 1. The second-order valence-corrected chi connectivity index (χ2v) is 4.22. The molecule has 18 heavy (non-hydrogen) atoms. The number of ether oxygens (including phenoxy) is 2. The molecule has 0 aliphatic rings. The Labute approximate surface area is 108 Å². The van der Waals surface area contributed by atoms with Crippen LogP contribution in [0.2, 0.25) is 0 Å². The van der Waals surface area contributed by atoms with Crippen LogP contribution >= 0.6 is 0 Å². The van der Waals surface area contributed by atoms with Crippen LogP contribution in [0.3, 0.4) is 0 Å². The quantitative estimate of drug-likeness (QED) is 0.523. The molecule has 1 rings (SSSR count). The van der Waals surface area contributed by atoms with E-state index in [1.165, 1.54) is 6.08 Å². The molecule has 0 aliphatic heterocycles. The van der Waals surface area contributed by atoms with Crippen molar-refractivity contribution >= 4 is 5.97 Å². The molecule has 0 spiro atoms. The van der Waals surface area contributed by atoms with Gasteiger partial charge in [-0.1, -0.05) is 31.7 Å². The first-order chi connectivity index (χ1) is 8.72. The minimum atomic E-state index is -0.359. The Morgan fingerprint density at radius 1 is 1.28 bits per heavy atom. The third-order valence-corrected chi connectivity index (χ3v) is 2.64. The molecule has 0 bridgehead atoms. The van der Waals surface area contributed by atoms with Crippen LogP contribution < -0.4 is 4.74 Å². The SMILES string of the molecule is C=CC(=O)OCCC(C)CCOc1ccccc1. The van der Waals surface area contributed by atoms with Gasteiger partial charge in [-0.3, -0.25) is 0 Å². The summed E-state index contributed by atoms with van der Waals surface area (Å²) in [7, 11) is 0. The topological polar surface area (TPSA) is 35.5 Å². The van der Waals surface area contributed by atoms with Gasteiger partial charge in [-0.25, -0.2) is 4.79 Å². The van der Waals surface area contributed by atoms with Gasteiger partial charge >= 0.3 is 5.97 Å². The van der Waals surface area contributed by atoms with Gasteiger partial charge < -0.3 is 9.47 Å². The van der Waals surface area contributed by atoms with Crippen molar-refractivity contribution < 1.29 is 14.3 Å². The Morgan fingerprint density at radius 2 is 1.94 bits per heavy atom. The van der Waals surface area contributed by atoms with E-state index in [9.17, 15) is 4.79 Å². The summed E-state index contributed by atoms with van der Waals surface area (Å²) in [5.74, 6) is 0.997. The van der Waals surface area contributed by atoms with Gasteiger partial charge in [0.05, 0.1) is 13.2 Å². The Balaban J connectivity index is 2.08. The zero-order valence-corrected chi connectivity index (χ0v) is 10.8. The third-order valence-electron chi connectivity index (χ3n) is 2.64. The Hall–Kier alpha value is -1.77. The summed E-state index contributed by atoms with van der Waals surface area (Å²) in [5, 5.41) is 0. The zero-order valence-electron chi connectivity index (χ0n) is 10.8. The molecule has 0 N–H and O–H groups in total. The highest BCUT2D eigenvalue weighted by Gasteiger charge is 2.04. The second-order valence-electron chi connectivity index (χ2n) is 4.22. The van der Waals surface area contributed by atoms with Crippen molar-refractivity contribution in [2.24, 2.45) is 5.92 Å². The highest BCUT2D eigenvalue weighted by Crippen LogP contribution is 2.12. The molecule has 0 saturated heterocycles. The van der Waals surface area contributed by atoms with E-state index in [4.69, 9.17) is 9.47 Å². The zero-order chi connectivity index (χ0) is 13.2. The van der Waals surface area contributed by atoms with Crippen LogP contribution in [-0.2, 0) is 9.53 Å². The average molecular weight is 248 g/mol. The molecule has 0 radical (unpaired) electrons. The summed E-state index contributed by atoms with van der Waals surface area (Å²) in [6.07, 6.45) is 2.97. The summed E-state index contributed by atoms with van der Waals surface area (Å²) in [5.41, 5.74) is 0. The maximum atomic E-state index is 10.8. The van der Waals surface area contributed by atoms with Crippen LogP contribution in [0.1, 0.15) is 19.8 Å². The Morgan fingerprint density at radius 3 is 2.61 bits per heavy atom. The lowest BCUT2D eigenvalue weighted by atomic mass is 10.1. The van der Waals surface area contributed by atoms with Crippen molar-refractivity contribution in [1.29, 1.82) is 0 Å². The molecule has 98 valence electrons. The molecule has 0 aromatic heterocycles. The smallest absolute Gasteiger partial charge is 0.330 e. The van der Waals surface area contributed by atoms with Crippen LogP contribution in [0.5, 0.6) is 5.75 Å². The van der Waals surface area contributed by atoms with Gasteiger partial charge in [0.2, 0.25) is 0 Å². The van der Waals surface area contributed by atoms with Gasteiger partial charge in [0.1, 0.15) is 5.75 Å². The molecule has 1 aromatic carbocycles. The highest BCUT2D eigenvalue weighted by molar-refractivity contribution is 5.81. The van der Waals surface area contributed by atoms with Gasteiger partial charge in [0.15, 0.2) is 0 Å². The maximum absolute atomic E-state index is 10.8. The number of carbonyl (C=O) groups is 1. The normalized spacial score (nSPS) is 11.6. The number of hydrogen-bond donors (Lipinski definition) is 0. The summed E-state index contributed by atoms with van der Waals surface area (Å²) in [6.45, 7) is 6.59. The second kappa shape index (κ2) is 8.34. The van der Waals surface area contributed by atoms with Gasteiger partial charge in [0.25, 0.3) is 0 Å². The largest absolute Gasteiger partial charge is 0.494 e. The first kappa shape index (κ1) is 14.3. The fraction of sp³-hybridized carbons (Fsp3) is 0.400. The van der Waals surface area contributed by atoms with Crippen molar-refractivity contribution in [1.82, 2.24) is 0 Å². The molecule has 1 aromatic rings. The molecule has 3 heteroatoms. The lowest BCUT2D eigenvalue weighted by Crippen LogP contribution is -2.09. The van der Waals surface area contributed by atoms with E-state index in [0.717, 1.165) is 18.6 Å². The van der Waals surface area contributed by atoms with Crippen LogP contribution in [0.25, 0.3) is 0 Å². The van der Waals surface area contributed by atoms with Gasteiger partial charge in [-0.15, -0.1) is 0 Å². The molecule has 0 heterocycles. The van der Waals surface area contributed by atoms with E-state index in [0.29, 0.717) is 19.1 Å². The molecule has 1 unspecified atom stereocenters. The number of carbonyl (C=O) groups excluding carboxylic acids is 1. The lowest BCUT2D eigenvalue weighted by Gasteiger charge is -2.12. The third kappa shape index (κ3) is 6.09. The van der Waals surface area contributed by atoms with Crippen LogP contribution in [0.15, 0.2) is 43.0 Å². The Kier molecular flexibility index (Phi) is 6.62. The standard InChI is InChI=1S/C15H20O3/c1-3-15(16)18-12-10-13(2)9-11-17-14-7-5-4-6-8-14/h3-8,13H,1,9-12H2,2H3. The van der Waals surface area contributed by atoms with Crippen molar-refractivity contribution in [2.75, 3.05) is 13.2 Å². The van der Waals surface area contributed by atoms with Crippen molar-refractivity contribution in [3.05, 3.63) is 43.0 Å². The molecular formula is C15H20O3. The van der Waals surface area contributed by atoms with E-state index in [-0.39, 0.29) is 5.97 Å². The van der Waals surface area contributed by atoms with E-state index >= 15 is 0 Å². The summed E-state index contributed by atoms with van der Waals surface area (Å²) >= 11 is 0. The van der Waals surface area contributed by atoms with Crippen molar-refractivity contribution in [3.63, 3.8) is 0 Å². The van der Waals surface area contributed by atoms with Gasteiger partial charge in [-0.05, 0) is 30.9 Å². The summed E-state index contributed by atoms with van der Waals surface area (Å²) in [4.78, 5) is 10.8. The molecule has 3 nitrogen and oxygen atoms in total. The monoisotopic (exact) mass is 248 g/mol. The van der Waals surface area contributed by atoms with E-state index in [1.807, 2.05) is 30.3 Å². The van der Waals surface area contributed by atoms with Crippen LogP contribution in [-0.4, -0.2) is 19.2 Å². The summed E-state index contributed by atoms with van der Waals surface area (Å²) < 4.78 is 10.5. The average Bonchev–Trinajstić information content (AvgIpc) is 2.39. The fourth-order valence-electron chi connectivity index (χ4n) is 1.46. The maximum Gasteiger partial charge on any atom is 0.330 e. The van der Waals surface area contributed by atoms with E-state index < -0.39 is 0 Å². The van der Waals surface area contributed by atoms with E-state index in [1.54, 1.807) is 0 Å². The number of para-hydroxylation sites is 1. The van der Waals surface area contributed by atoms with Crippen molar-refractivity contribution in [3.8, 4) is 5.75 Å². The molecule has 0 aliphatic carbocycles. The molecule has 0 fully saturated rings. The van der Waals surface area contributed by atoms with Gasteiger partial charge in [-0.2, -0.15) is 0 Å². The number of rotatable bonds is 8. The Bertz CT molecular complexity index is 359. The first-order valence-electron chi connectivity index (χ1n) is 6.19. The predicted molar refractivity (Wildman–Crippen MR) is 71.5 cm³/mol. The van der Waals surface area contributed by atoms with Crippen LogP contribution in [0, 0.1) is 5.92 Å². The summed E-state index contributed by atoms with van der Waals surface area (Å²) in [6, 6.07) is 9.75. The molecule has 1 atom stereocenters. The highest BCUT2D eigenvalue weighted by atomic mass is 16.5. The van der Waals surface area contributed by atoms with E-state index in [2.05, 4.69) is 13.5 Å².